The van der Waals surface area contributed by atoms with Crippen molar-refractivity contribution < 1.29 is 18.0 Å². The molecule has 7 nitrogen and oxygen atoms in total. The van der Waals surface area contributed by atoms with Gasteiger partial charge in [0.15, 0.2) is 0 Å². The lowest BCUT2D eigenvalue weighted by atomic mass is 10.0. The number of halogens is 1. The molecule has 0 heterocycles. The summed E-state index contributed by atoms with van der Waals surface area (Å²) in [6.07, 6.45) is 0.267. The van der Waals surface area contributed by atoms with Gasteiger partial charge in [0.05, 0.1) is 5.75 Å². The molecule has 9 heteroatoms. The van der Waals surface area contributed by atoms with Crippen molar-refractivity contribution in [3.63, 3.8) is 0 Å². The zero-order valence-electron chi connectivity index (χ0n) is 17.0. The van der Waals surface area contributed by atoms with E-state index < -0.39 is 27.9 Å². The molecule has 0 fully saturated rings. The van der Waals surface area contributed by atoms with E-state index in [2.05, 4.69) is 10.6 Å². The van der Waals surface area contributed by atoms with Crippen LogP contribution in [0.3, 0.4) is 0 Å². The fourth-order valence-electron chi connectivity index (χ4n) is 3.10. The molecule has 0 aromatic heterocycles. The van der Waals surface area contributed by atoms with Crippen LogP contribution in [0.5, 0.6) is 0 Å². The summed E-state index contributed by atoms with van der Waals surface area (Å²) in [7, 11) is -3.71. The van der Waals surface area contributed by atoms with Gasteiger partial charge in [0, 0.05) is 22.7 Å². The van der Waals surface area contributed by atoms with Crippen LogP contribution in [0, 0.1) is 0 Å². The van der Waals surface area contributed by atoms with Crippen LogP contribution in [0.15, 0.2) is 78.9 Å². The Morgan fingerprint density at radius 2 is 1.56 bits per heavy atom. The fraction of sp³-hybridized carbons (Fsp3) is 0.130. The van der Waals surface area contributed by atoms with E-state index in [1.165, 1.54) is 6.07 Å². The first-order chi connectivity index (χ1) is 15.2. The standard InChI is InChI=1S/C23H22ClN3O4S/c24-19-11-9-18(10-12-19)22(28)27-21(14-16-5-2-1-3-6-16)23(29)26-20-8-4-7-17(13-20)15-32(25,30)31/h1-13,21H,14-15H2,(H,26,29)(H,27,28)(H2,25,30,31). The molecule has 3 aromatic rings. The van der Waals surface area contributed by atoms with E-state index >= 15 is 0 Å². The number of primary sulfonamides is 1. The predicted molar refractivity (Wildman–Crippen MR) is 125 cm³/mol. The molecule has 3 aromatic carbocycles. The molecule has 0 bridgehead atoms. The maximum absolute atomic E-state index is 13.0. The minimum absolute atomic E-state index is 0.267. The number of amides is 2. The lowest BCUT2D eigenvalue weighted by Gasteiger charge is -2.19. The van der Waals surface area contributed by atoms with Crippen molar-refractivity contribution in [2.24, 2.45) is 5.14 Å². The van der Waals surface area contributed by atoms with Crippen molar-refractivity contribution in [2.45, 2.75) is 18.2 Å². The Morgan fingerprint density at radius 1 is 0.906 bits per heavy atom. The summed E-state index contributed by atoms with van der Waals surface area (Å²) >= 11 is 5.88. The third-order valence-electron chi connectivity index (χ3n) is 4.57. The van der Waals surface area contributed by atoms with Crippen LogP contribution in [-0.4, -0.2) is 26.3 Å². The number of carbonyl (C=O) groups excluding carboxylic acids is 2. The first-order valence-corrected chi connectivity index (χ1v) is 11.8. The monoisotopic (exact) mass is 471 g/mol. The van der Waals surface area contributed by atoms with E-state index in [-0.39, 0.29) is 12.2 Å². The van der Waals surface area contributed by atoms with Crippen LogP contribution in [0.4, 0.5) is 5.69 Å². The summed E-state index contributed by atoms with van der Waals surface area (Å²) in [5, 5.41) is 11.1. The summed E-state index contributed by atoms with van der Waals surface area (Å²) in [6.45, 7) is 0. The molecule has 4 N–H and O–H groups in total. The molecule has 0 spiro atoms. The van der Waals surface area contributed by atoms with Crippen molar-refractivity contribution in [3.8, 4) is 0 Å². The number of hydrogen-bond donors (Lipinski definition) is 3. The smallest absolute Gasteiger partial charge is 0.251 e. The average Bonchev–Trinajstić information content (AvgIpc) is 2.73. The topological polar surface area (TPSA) is 118 Å². The highest BCUT2D eigenvalue weighted by atomic mass is 35.5. The molecule has 0 aliphatic heterocycles. The number of nitrogens with two attached hydrogens (primary N) is 1. The number of rotatable bonds is 8. The lowest BCUT2D eigenvalue weighted by molar-refractivity contribution is -0.118. The normalized spacial score (nSPS) is 12.1. The molecule has 0 saturated carbocycles. The maximum atomic E-state index is 13.0. The molecule has 1 atom stereocenters. The summed E-state index contributed by atoms with van der Waals surface area (Å²) in [5.41, 5.74) is 2.08. The van der Waals surface area contributed by atoms with Gasteiger partial charge in [0.1, 0.15) is 6.04 Å². The molecule has 32 heavy (non-hydrogen) atoms. The molecule has 0 saturated heterocycles. The average molecular weight is 472 g/mol. The van der Waals surface area contributed by atoms with Crippen molar-refractivity contribution in [1.29, 1.82) is 0 Å². The zero-order chi connectivity index (χ0) is 23.1. The van der Waals surface area contributed by atoms with Crippen LogP contribution >= 0.6 is 11.6 Å². The predicted octanol–water partition coefficient (Wildman–Crippen LogP) is 3.11. The first-order valence-electron chi connectivity index (χ1n) is 9.70. The Bertz CT molecular complexity index is 1200. The van der Waals surface area contributed by atoms with Crippen LogP contribution in [0.1, 0.15) is 21.5 Å². The first kappa shape index (κ1) is 23.5. The minimum Gasteiger partial charge on any atom is -0.340 e. The van der Waals surface area contributed by atoms with Crippen LogP contribution in [-0.2, 0) is 27.0 Å². The van der Waals surface area contributed by atoms with Gasteiger partial charge in [-0.15, -0.1) is 0 Å². The zero-order valence-corrected chi connectivity index (χ0v) is 18.6. The largest absolute Gasteiger partial charge is 0.340 e. The van der Waals surface area contributed by atoms with Gasteiger partial charge in [-0.2, -0.15) is 0 Å². The van der Waals surface area contributed by atoms with Gasteiger partial charge in [-0.05, 0) is 47.5 Å². The second kappa shape index (κ2) is 10.4. The van der Waals surface area contributed by atoms with Crippen LogP contribution in [0.2, 0.25) is 5.02 Å². The van der Waals surface area contributed by atoms with Crippen molar-refractivity contribution in [1.82, 2.24) is 5.32 Å². The molecule has 3 rings (SSSR count). The molecule has 2 amide bonds. The number of benzene rings is 3. The van der Waals surface area contributed by atoms with Gasteiger partial charge in [-0.25, -0.2) is 13.6 Å². The van der Waals surface area contributed by atoms with Crippen LogP contribution in [0.25, 0.3) is 0 Å². The Balaban J connectivity index is 1.79. The number of anilines is 1. The van der Waals surface area contributed by atoms with Crippen LogP contribution < -0.4 is 15.8 Å². The lowest BCUT2D eigenvalue weighted by Crippen LogP contribution is -2.45. The van der Waals surface area contributed by atoms with E-state index in [0.717, 1.165) is 5.56 Å². The Labute approximate surface area is 191 Å². The minimum atomic E-state index is -3.71. The molecule has 0 aliphatic carbocycles. The van der Waals surface area contributed by atoms with Gasteiger partial charge < -0.3 is 10.6 Å². The highest BCUT2D eigenvalue weighted by molar-refractivity contribution is 7.88. The van der Waals surface area contributed by atoms with E-state index in [1.807, 2.05) is 30.3 Å². The van der Waals surface area contributed by atoms with Gasteiger partial charge in [0.2, 0.25) is 15.9 Å². The second-order valence-electron chi connectivity index (χ2n) is 7.22. The quantitative estimate of drug-likeness (QED) is 0.467. The Kier molecular flexibility index (Phi) is 7.63. The summed E-state index contributed by atoms with van der Waals surface area (Å²) in [5.74, 6) is -1.21. The van der Waals surface area contributed by atoms with Crippen molar-refractivity contribution in [2.75, 3.05) is 5.32 Å². The number of sulfonamides is 1. The molecular weight excluding hydrogens is 450 g/mol. The molecule has 0 radical (unpaired) electrons. The maximum Gasteiger partial charge on any atom is 0.251 e. The highest BCUT2D eigenvalue weighted by Crippen LogP contribution is 2.15. The summed E-state index contributed by atoms with van der Waals surface area (Å²) in [6, 6.07) is 21.1. The molecule has 0 aliphatic rings. The highest BCUT2D eigenvalue weighted by Gasteiger charge is 2.22. The number of nitrogens with one attached hydrogen (secondary N) is 2. The van der Waals surface area contributed by atoms with Crippen molar-refractivity contribution >= 4 is 39.1 Å². The van der Waals surface area contributed by atoms with E-state index in [4.69, 9.17) is 16.7 Å². The van der Waals surface area contributed by atoms with E-state index in [9.17, 15) is 18.0 Å². The van der Waals surface area contributed by atoms with E-state index in [0.29, 0.717) is 21.8 Å². The van der Waals surface area contributed by atoms with E-state index in [1.54, 1.807) is 42.5 Å². The van der Waals surface area contributed by atoms with Gasteiger partial charge in [-0.3, -0.25) is 9.59 Å². The third-order valence-corrected chi connectivity index (χ3v) is 5.56. The fourth-order valence-corrected chi connectivity index (χ4v) is 3.87. The second-order valence-corrected chi connectivity index (χ2v) is 9.27. The molecular formula is C23H22ClN3O4S. The van der Waals surface area contributed by atoms with Gasteiger partial charge in [-0.1, -0.05) is 54.1 Å². The van der Waals surface area contributed by atoms with Crippen molar-refractivity contribution in [3.05, 3.63) is 101 Å². The van der Waals surface area contributed by atoms with Gasteiger partial charge in [0.25, 0.3) is 5.91 Å². The summed E-state index contributed by atoms with van der Waals surface area (Å²) in [4.78, 5) is 25.8. The number of hydrogen-bond acceptors (Lipinski definition) is 4. The van der Waals surface area contributed by atoms with Gasteiger partial charge >= 0.3 is 0 Å². The SMILES string of the molecule is NS(=O)(=O)Cc1cccc(NC(=O)C(Cc2ccccc2)NC(=O)c2ccc(Cl)cc2)c1. The number of carbonyl (C=O) groups is 2. The molecule has 1 unspecified atom stereocenters. The Hall–Kier alpha value is -3.20. The Morgan fingerprint density at radius 3 is 2.22 bits per heavy atom. The third kappa shape index (κ3) is 7.19. The molecule has 166 valence electrons. The summed E-state index contributed by atoms with van der Waals surface area (Å²) < 4.78 is 22.7.